The topological polar surface area (TPSA) is 108 Å². The molecule has 0 spiro atoms. The average Bonchev–Trinajstić information content (AvgIpc) is 2.82. The Morgan fingerprint density at radius 3 is 1.76 bits per heavy atom. The molecule has 0 radical (unpaired) electrons. The number of carbonyl (C=O) groups is 4. The van der Waals surface area contributed by atoms with E-state index in [0.29, 0.717) is 13.0 Å². The van der Waals surface area contributed by atoms with E-state index in [4.69, 9.17) is 18.9 Å². The summed E-state index contributed by atoms with van der Waals surface area (Å²) in [6.45, 7) is 5.78. The lowest BCUT2D eigenvalue weighted by Crippen LogP contribution is -2.62. The van der Waals surface area contributed by atoms with Crippen molar-refractivity contribution in [1.82, 2.24) is 4.90 Å². The van der Waals surface area contributed by atoms with Crippen LogP contribution in [0.25, 0.3) is 0 Å². The Morgan fingerprint density at radius 2 is 1.24 bits per heavy atom. The largest absolute Gasteiger partial charge is 0.461 e. The number of carbonyl (C=O) groups excluding carboxylic acids is 4. The molecule has 2 heterocycles. The van der Waals surface area contributed by atoms with Gasteiger partial charge >= 0.3 is 23.9 Å². The molecule has 2 saturated heterocycles. The van der Waals surface area contributed by atoms with Crippen molar-refractivity contribution in [1.29, 1.82) is 0 Å². The minimum absolute atomic E-state index is 0.289. The Hall–Kier alpha value is -2.16. The van der Waals surface area contributed by atoms with Crippen LogP contribution in [0.1, 0.15) is 34.1 Å². The third kappa shape index (κ3) is 4.91. The van der Waals surface area contributed by atoms with Gasteiger partial charge in [0, 0.05) is 47.2 Å². The van der Waals surface area contributed by atoms with E-state index in [0.717, 1.165) is 0 Å². The van der Waals surface area contributed by atoms with E-state index >= 15 is 0 Å². The highest BCUT2D eigenvalue weighted by atomic mass is 16.6. The maximum absolute atomic E-state index is 11.5. The molecule has 5 atom stereocenters. The summed E-state index contributed by atoms with van der Waals surface area (Å²) in [4.78, 5) is 47.6. The first-order chi connectivity index (χ1) is 11.7. The SMILES string of the molecule is CC(=O)O[C@@H]1C[C@@H]2[C@@H](OC(C)=O)[C@H](OC(C)=O)[C@@H](OC(C)=O)CN2C1. The molecule has 0 aromatic rings. The fraction of sp³-hybridized carbons (Fsp3) is 0.750. The molecule has 25 heavy (non-hydrogen) atoms. The van der Waals surface area contributed by atoms with E-state index in [1.165, 1.54) is 27.7 Å². The van der Waals surface area contributed by atoms with Gasteiger partial charge in [0.15, 0.2) is 18.3 Å². The van der Waals surface area contributed by atoms with Crippen molar-refractivity contribution in [2.45, 2.75) is 64.6 Å². The fourth-order valence-electron chi connectivity index (χ4n) is 3.52. The van der Waals surface area contributed by atoms with Crippen LogP contribution in [0.15, 0.2) is 0 Å². The van der Waals surface area contributed by atoms with E-state index in [2.05, 4.69) is 0 Å². The zero-order valence-electron chi connectivity index (χ0n) is 14.7. The highest BCUT2D eigenvalue weighted by molar-refractivity contribution is 5.68. The Labute approximate surface area is 145 Å². The predicted octanol–water partition coefficient (Wildman–Crippen LogP) is -0.199. The summed E-state index contributed by atoms with van der Waals surface area (Å²) in [5.74, 6) is -2.04. The summed E-state index contributed by atoms with van der Waals surface area (Å²) in [7, 11) is 0. The zero-order valence-corrected chi connectivity index (χ0v) is 14.7. The monoisotopic (exact) mass is 357 g/mol. The number of nitrogens with zero attached hydrogens (tertiary/aromatic N) is 1. The highest BCUT2D eigenvalue weighted by Gasteiger charge is 2.53. The van der Waals surface area contributed by atoms with Gasteiger partial charge < -0.3 is 18.9 Å². The van der Waals surface area contributed by atoms with Gasteiger partial charge in [0.1, 0.15) is 6.10 Å². The molecule has 2 aliphatic heterocycles. The summed E-state index contributed by atoms with van der Waals surface area (Å²) in [5.41, 5.74) is 0. The van der Waals surface area contributed by atoms with Crippen LogP contribution in [0.4, 0.5) is 0 Å². The van der Waals surface area contributed by atoms with Crippen molar-refractivity contribution in [3.05, 3.63) is 0 Å². The average molecular weight is 357 g/mol. The fourth-order valence-corrected chi connectivity index (χ4v) is 3.52. The van der Waals surface area contributed by atoms with Gasteiger partial charge in [0.25, 0.3) is 0 Å². The van der Waals surface area contributed by atoms with Crippen LogP contribution in [-0.2, 0) is 38.1 Å². The Kier molecular flexibility index (Phi) is 5.99. The van der Waals surface area contributed by atoms with E-state index < -0.39 is 42.2 Å². The summed E-state index contributed by atoms with van der Waals surface area (Å²) in [6.07, 6.45) is -2.45. The Balaban J connectivity index is 2.27. The maximum Gasteiger partial charge on any atom is 0.303 e. The van der Waals surface area contributed by atoms with Gasteiger partial charge in [-0.1, -0.05) is 0 Å². The summed E-state index contributed by atoms with van der Waals surface area (Å²) >= 11 is 0. The van der Waals surface area contributed by atoms with Gasteiger partial charge in [0.2, 0.25) is 0 Å². The van der Waals surface area contributed by atoms with Gasteiger partial charge in [-0.25, -0.2) is 0 Å². The van der Waals surface area contributed by atoms with Crippen LogP contribution in [0.3, 0.4) is 0 Å². The van der Waals surface area contributed by atoms with Crippen LogP contribution in [0.5, 0.6) is 0 Å². The number of rotatable bonds is 4. The van der Waals surface area contributed by atoms with Crippen molar-refractivity contribution in [3.8, 4) is 0 Å². The second-order valence-corrected chi connectivity index (χ2v) is 6.28. The quantitative estimate of drug-likeness (QED) is 0.499. The third-order valence-electron chi connectivity index (χ3n) is 4.15. The van der Waals surface area contributed by atoms with Crippen molar-refractivity contribution in [3.63, 3.8) is 0 Å². The predicted molar refractivity (Wildman–Crippen MR) is 82.2 cm³/mol. The lowest BCUT2D eigenvalue weighted by atomic mass is 9.93. The van der Waals surface area contributed by atoms with Crippen LogP contribution < -0.4 is 0 Å². The van der Waals surface area contributed by atoms with E-state index in [1.54, 1.807) is 0 Å². The minimum Gasteiger partial charge on any atom is -0.461 e. The minimum atomic E-state index is -0.914. The molecule has 2 fully saturated rings. The number of fused-ring (bicyclic) bond motifs is 1. The molecule has 0 unspecified atom stereocenters. The molecule has 140 valence electrons. The summed E-state index contributed by atoms with van der Waals surface area (Å²) in [6, 6.07) is -0.301. The molecule has 0 amide bonds. The molecule has 2 rings (SSSR count). The normalized spacial score (nSPS) is 31.6. The molecule has 9 nitrogen and oxygen atoms in total. The first-order valence-electron chi connectivity index (χ1n) is 8.10. The number of ether oxygens (including phenoxy) is 4. The van der Waals surface area contributed by atoms with Gasteiger partial charge in [-0.05, 0) is 0 Å². The van der Waals surface area contributed by atoms with Gasteiger partial charge in [-0.15, -0.1) is 0 Å². The first kappa shape index (κ1) is 19.2. The second-order valence-electron chi connectivity index (χ2n) is 6.28. The number of hydrogen-bond acceptors (Lipinski definition) is 9. The van der Waals surface area contributed by atoms with Crippen molar-refractivity contribution < 1.29 is 38.1 Å². The van der Waals surface area contributed by atoms with E-state index in [9.17, 15) is 19.2 Å². The van der Waals surface area contributed by atoms with Crippen molar-refractivity contribution in [2.24, 2.45) is 0 Å². The standard InChI is InChI=1S/C16H23NO8/c1-8(18)22-12-5-13-15(24-10(3)20)16(25-11(4)21)14(23-9(2)19)7-17(13)6-12/h12-16H,5-7H2,1-4H3/t12-,13-,14+,15-,16-/m1/s1. The van der Waals surface area contributed by atoms with Crippen LogP contribution >= 0.6 is 0 Å². The highest BCUT2D eigenvalue weighted by Crippen LogP contribution is 2.34. The van der Waals surface area contributed by atoms with Gasteiger partial charge in [-0.3, -0.25) is 24.1 Å². The third-order valence-corrected chi connectivity index (χ3v) is 4.15. The Bertz CT molecular complexity index is 562. The molecule has 0 aliphatic carbocycles. The van der Waals surface area contributed by atoms with Gasteiger partial charge in [-0.2, -0.15) is 0 Å². The number of hydrogen-bond donors (Lipinski definition) is 0. The summed E-state index contributed by atoms with van der Waals surface area (Å²) in [5, 5.41) is 0. The molecule has 0 saturated carbocycles. The molecule has 0 aromatic heterocycles. The van der Waals surface area contributed by atoms with Crippen molar-refractivity contribution >= 4 is 23.9 Å². The second kappa shape index (κ2) is 7.81. The lowest BCUT2D eigenvalue weighted by molar-refractivity contribution is -0.200. The number of esters is 4. The zero-order chi connectivity index (χ0) is 18.7. The molecular formula is C16H23NO8. The van der Waals surface area contributed by atoms with Crippen LogP contribution in [0, 0.1) is 0 Å². The molecule has 0 aromatic carbocycles. The van der Waals surface area contributed by atoms with E-state index in [1.807, 2.05) is 4.90 Å². The maximum atomic E-state index is 11.5. The number of piperidine rings is 1. The first-order valence-corrected chi connectivity index (χ1v) is 8.10. The smallest absolute Gasteiger partial charge is 0.303 e. The van der Waals surface area contributed by atoms with Crippen molar-refractivity contribution in [2.75, 3.05) is 13.1 Å². The van der Waals surface area contributed by atoms with Crippen LogP contribution in [-0.4, -0.2) is 72.3 Å². The molecule has 0 bridgehead atoms. The summed E-state index contributed by atoms with van der Waals surface area (Å²) < 4.78 is 21.2. The molecule has 2 aliphatic rings. The Morgan fingerprint density at radius 1 is 0.720 bits per heavy atom. The molecule has 0 N–H and O–H groups in total. The molecule has 9 heteroatoms. The van der Waals surface area contributed by atoms with Gasteiger partial charge in [0.05, 0.1) is 6.04 Å². The van der Waals surface area contributed by atoms with E-state index in [-0.39, 0.29) is 18.7 Å². The molecular weight excluding hydrogens is 334 g/mol. The van der Waals surface area contributed by atoms with Crippen LogP contribution in [0.2, 0.25) is 0 Å². The lowest BCUT2D eigenvalue weighted by Gasteiger charge is -2.43.